The third-order valence-corrected chi connectivity index (χ3v) is 6.83. The van der Waals surface area contributed by atoms with Crippen molar-refractivity contribution in [1.82, 2.24) is 5.32 Å². The van der Waals surface area contributed by atoms with Crippen LogP contribution in [0.25, 0.3) is 11.1 Å². The fourth-order valence-electron chi connectivity index (χ4n) is 5.29. The highest BCUT2D eigenvalue weighted by Gasteiger charge is 2.27. The number of carbonyl (C=O) groups is 1. The molecule has 2 aromatic carbocycles. The Morgan fingerprint density at radius 3 is 2.48 bits per heavy atom. The van der Waals surface area contributed by atoms with Gasteiger partial charge >= 0.3 is 5.97 Å². The Bertz CT molecular complexity index is 1030. The van der Waals surface area contributed by atoms with Gasteiger partial charge in [-0.05, 0) is 117 Å². The van der Waals surface area contributed by atoms with Gasteiger partial charge in [0.25, 0.3) is 0 Å². The Labute approximate surface area is 184 Å². The monoisotopic (exact) mass is 425 g/mol. The number of esters is 1. The summed E-state index contributed by atoms with van der Waals surface area (Å²) in [5, 5.41) is 3.48. The summed E-state index contributed by atoms with van der Waals surface area (Å²) in [7, 11) is 0. The summed E-state index contributed by atoms with van der Waals surface area (Å²) in [4.78, 5) is 12.6. The molecule has 0 fully saturated rings. The van der Waals surface area contributed by atoms with E-state index in [-0.39, 0.29) is 18.2 Å². The number of fused-ring (bicyclic) bond motifs is 2. The lowest BCUT2D eigenvalue weighted by Gasteiger charge is -2.26. The summed E-state index contributed by atoms with van der Waals surface area (Å²) in [6, 6.07) is 1.61. The molecule has 0 unspecified atom stereocenters. The normalized spacial score (nSPS) is 15.5. The lowest BCUT2D eigenvalue weighted by atomic mass is 9.80. The lowest BCUT2D eigenvalue weighted by Crippen LogP contribution is -2.16. The molecule has 4 nitrogen and oxygen atoms in total. The van der Waals surface area contributed by atoms with Gasteiger partial charge in [0.2, 0.25) is 0 Å². The second-order valence-electron chi connectivity index (χ2n) is 8.58. The molecule has 0 saturated carbocycles. The van der Waals surface area contributed by atoms with Gasteiger partial charge in [-0.25, -0.2) is 4.39 Å². The van der Waals surface area contributed by atoms with E-state index in [9.17, 15) is 4.79 Å². The molecule has 0 radical (unpaired) electrons. The Morgan fingerprint density at radius 1 is 1.06 bits per heavy atom. The Kier molecular flexibility index (Phi) is 6.33. The van der Waals surface area contributed by atoms with Crippen LogP contribution in [0.3, 0.4) is 0 Å². The van der Waals surface area contributed by atoms with Crippen LogP contribution in [0, 0.1) is 26.6 Å². The summed E-state index contributed by atoms with van der Waals surface area (Å²) in [6.07, 6.45) is 3.77. The minimum Gasteiger partial charge on any atom is -0.490 e. The number of carbonyl (C=O) groups excluding carboxylic acids is 1. The van der Waals surface area contributed by atoms with Crippen LogP contribution in [-0.4, -0.2) is 32.3 Å². The second-order valence-corrected chi connectivity index (χ2v) is 8.58. The zero-order chi connectivity index (χ0) is 22.1. The van der Waals surface area contributed by atoms with Gasteiger partial charge in [0.05, 0.1) is 19.6 Å². The summed E-state index contributed by atoms with van der Waals surface area (Å²) < 4.78 is 26.1. The average Bonchev–Trinajstić information content (AvgIpc) is 3.02. The molecule has 4 rings (SSSR count). The van der Waals surface area contributed by atoms with E-state index in [1.54, 1.807) is 6.07 Å². The number of benzene rings is 2. The van der Waals surface area contributed by atoms with Crippen LogP contribution < -0.4 is 10.1 Å². The molecule has 0 spiro atoms. The third kappa shape index (κ3) is 3.96. The van der Waals surface area contributed by atoms with Crippen LogP contribution in [0.5, 0.6) is 5.75 Å². The van der Waals surface area contributed by atoms with Crippen molar-refractivity contribution in [2.75, 3.05) is 26.3 Å². The highest BCUT2D eigenvalue weighted by atomic mass is 19.1. The highest BCUT2D eigenvalue weighted by molar-refractivity contribution is 5.84. The Morgan fingerprint density at radius 2 is 1.77 bits per heavy atom. The van der Waals surface area contributed by atoms with Crippen LogP contribution >= 0.6 is 0 Å². The predicted octanol–water partition coefficient (Wildman–Crippen LogP) is 4.54. The molecular formula is C26H32FNO3. The van der Waals surface area contributed by atoms with Crippen molar-refractivity contribution in [3.05, 3.63) is 50.8 Å². The largest absolute Gasteiger partial charge is 0.490 e. The molecule has 2 heterocycles. The van der Waals surface area contributed by atoms with Gasteiger partial charge in [0.15, 0.2) is 11.6 Å². The minimum atomic E-state index is -0.314. The maximum absolute atomic E-state index is 15.1. The molecule has 2 aromatic rings. The van der Waals surface area contributed by atoms with Crippen LogP contribution in [-0.2, 0) is 35.2 Å². The van der Waals surface area contributed by atoms with E-state index in [2.05, 4.69) is 26.1 Å². The van der Waals surface area contributed by atoms with Gasteiger partial charge in [0, 0.05) is 5.56 Å². The van der Waals surface area contributed by atoms with Gasteiger partial charge in [-0.2, -0.15) is 0 Å². The van der Waals surface area contributed by atoms with Gasteiger partial charge in [0.1, 0.15) is 0 Å². The van der Waals surface area contributed by atoms with E-state index in [4.69, 9.17) is 9.47 Å². The minimum absolute atomic E-state index is 0.200. The van der Waals surface area contributed by atoms with Crippen molar-refractivity contribution in [2.45, 2.75) is 59.8 Å². The molecule has 0 aliphatic carbocycles. The zero-order valence-corrected chi connectivity index (χ0v) is 19.0. The van der Waals surface area contributed by atoms with Gasteiger partial charge in [-0.3, -0.25) is 4.79 Å². The smallest absolute Gasteiger partial charge is 0.310 e. The molecule has 1 N–H and O–H groups in total. The maximum atomic E-state index is 15.1. The second kappa shape index (κ2) is 8.99. The molecule has 0 amide bonds. The van der Waals surface area contributed by atoms with E-state index in [0.29, 0.717) is 19.0 Å². The van der Waals surface area contributed by atoms with Crippen LogP contribution in [0.1, 0.15) is 52.3 Å². The molecular weight excluding hydrogens is 393 g/mol. The highest BCUT2D eigenvalue weighted by Crippen LogP contribution is 2.42. The number of hydrogen-bond acceptors (Lipinski definition) is 4. The first kappa shape index (κ1) is 21.8. The van der Waals surface area contributed by atoms with Crippen molar-refractivity contribution < 1.29 is 18.7 Å². The van der Waals surface area contributed by atoms with E-state index < -0.39 is 0 Å². The number of ether oxygens (including phenoxy) is 2. The molecule has 0 bridgehead atoms. The van der Waals surface area contributed by atoms with Crippen molar-refractivity contribution >= 4 is 5.97 Å². The predicted molar refractivity (Wildman–Crippen MR) is 120 cm³/mol. The first-order chi connectivity index (χ1) is 14.9. The standard InChI is InChI=1S/C26H32FNO3/c1-5-30-24(29)14-22-15(2)18-8-10-28-11-9-19(18)17(4)25(22)21-13-23(27)26-20(16(21)3)7-6-12-31-26/h13,28H,5-12,14H2,1-4H3. The van der Waals surface area contributed by atoms with E-state index >= 15 is 4.39 Å². The SMILES string of the molecule is CCOC(=O)Cc1c(C)c2c(c(C)c1-c1cc(F)c3c(c1C)CCCO3)CCNCC2. The van der Waals surface area contributed by atoms with Crippen LogP contribution in [0.2, 0.25) is 0 Å². The van der Waals surface area contributed by atoms with Crippen molar-refractivity contribution in [2.24, 2.45) is 0 Å². The van der Waals surface area contributed by atoms with E-state index in [1.165, 1.54) is 11.1 Å². The molecule has 0 saturated heterocycles. The Hall–Kier alpha value is -2.40. The molecule has 2 aliphatic heterocycles. The summed E-state index contributed by atoms with van der Waals surface area (Å²) >= 11 is 0. The molecule has 166 valence electrons. The fraction of sp³-hybridized carbons (Fsp3) is 0.500. The lowest BCUT2D eigenvalue weighted by molar-refractivity contribution is -0.142. The van der Waals surface area contributed by atoms with Crippen molar-refractivity contribution in [3.8, 4) is 16.9 Å². The van der Waals surface area contributed by atoms with Crippen LogP contribution in [0.4, 0.5) is 4.39 Å². The van der Waals surface area contributed by atoms with Crippen molar-refractivity contribution in [3.63, 3.8) is 0 Å². The van der Waals surface area contributed by atoms with Crippen molar-refractivity contribution in [1.29, 1.82) is 0 Å². The topological polar surface area (TPSA) is 47.6 Å². The van der Waals surface area contributed by atoms with E-state index in [1.807, 2.05) is 6.92 Å². The first-order valence-electron chi connectivity index (χ1n) is 11.4. The number of halogens is 1. The quantitative estimate of drug-likeness (QED) is 0.731. The Balaban J connectivity index is 1.99. The maximum Gasteiger partial charge on any atom is 0.310 e. The molecule has 2 aliphatic rings. The summed E-state index contributed by atoms with van der Waals surface area (Å²) in [5.41, 5.74) is 9.80. The number of hydrogen-bond donors (Lipinski definition) is 1. The van der Waals surface area contributed by atoms with Gasteiger partial charge < -0.3 is 14.8 Å². The van der Waals surface area contributed by atoms with Gasteiger partial charge in [-0.1, -0.05) is 0 Å². The van der Waals surface area contributed by atoms with Crippen LogP contribution in [0.15, 0.2) is 6.07 Å². The fourth-order valence-corrected chi connectivity index (χ4v) is 5.29. The summed E-state index contributed by atoms with van der Waals surface area (Å²) in [6.45, 7) is 10.9. The first-order valence-corrected chi connectivity index (χ1v) is 11.4. The summed E-state index contributed by atoms with van der Waals surface area (Å²) in [5.74, 6) is -0.156. The van der Waals surface area contributed by atoms with E-state index in [0.717, 1.165) is 77.7 Å². The third-order valence-electron chi connectivity index (χ3n) is 6.83. The molecule has 0 aromatic heterocycles. The number of nitrogens with one attached hydrogen (secondary N) is 1. The molecule has 31 heavy (non-hydrogen) atoms. The molecule has 5 heteroatoms. The zero-order valence-electron chi connectivity index (χ0n) is 19.0. The van der Waals surface area contributed by atoms with Gasteiger partial charge in [-0.15, -0.1) is 0 Å². The molecule has 0 atom stereocenters. The number of rotatable bonds is 4. The average molecular weight is 426 g/mol.